The predicted octanol–water partition coefficient (Wildman–Crippen LogP) is 2.54. The third-order valence-corrected chi connectivity index (χ3v) is 4.13. The van der Waals surface area contributed by atoms with Crippen molar-refractivity contribution in [1.82, 2.24) is 25.1 Å². The number of rotatable bonds is 5. The predicted molar refractivity (Wildman–Crippen MR) is 96.8 cm³/mol. The first-order valence-electron chi connectivity index (χ1n) is 8.67. The van der Waals surface area contributed by atoms with Crippen LogP contribution in [-0.2, 0) is 6.54 Å². The van der Waals surface area contributed by atoms with Crippen molar-refractivity contribution < 1.29 is 9.53 Å². The Morgan fingerprint density at radius 3 is 2.81 bits per heavy atom. The molecule has 3 heterocycles. The van der Waals surface area contributed by atoms with Crippen LogP contribution in [0.5, 0.6) is 5.75 Å². The fourth-order valence-electron chi connectivity index (χ4n) is 2.82. The molecule has 0 atom stereocenters. The van der Waals surface area contributed by atoms with Crippen LogP contribution >= 0.6 is 0 Å². The second-order valence-electron chi connectivity index (χ2n) is 6.03. The lowest BCUT2D eigenvalue weighted by Crippen LogP contribution is -2.35. The van der Waals surface area contributed by atoms with Crippen LogP contribution in [-0.4, -0.2) is 38.8 Å². The Hall–Kier alpha value is -3.22. The van der Waals surface area contributed by atoms with Gasteiger partial charge in [0.1, 0.15) is 17.1 Å². The third-order valence-electron chi connectivity index (χ3n) is 4.13. The number of nitrogens with zero attached hydrogens (tertiary/aromatic N) is 4. The van der Waals surface area contributed by atoms with Crippen molar-refractivity contribution in [3.8, 4) is 28.5 Å². The van der Waals surface area contributed by atoms with Crippen molar-refractivity contribution in [2.75, 3.05) is 13.2 Å². The van der Waals surface area contributed by atoms with Crippen LogP contribution < -0.4 is 10.1 Å². The smallest absolute Gasteiger partial charge is 0.269 e. The minimum Gasteiger partial charge on any atom is -0.494 e. The molecule has 1 N–H and O–H groups in total. The molecular formula is C19H19N5O2. The summed E-state index contributed by atoms with van der Waals surface area (Å²) in [7, 11) is 0. The monoisotopic (exact) mass is 349 g/mol. The Bertz CT molecular complexity index is 933. The van der Waals surface area contributed by atoms with E-state index < -0.39 is 0 Å². The van der Waals surface area contributed by atoms with Gasteiger partial charge in [0.2, 0.25) is 0 Å². The van der Waals surface area contributed by atoms with Gasteiger partial charge in [-0.05, 0) is 42.8 Å². The average Bonchev–Trinajstić information content (AvgIpc) is 3.13. The number of aromatic nitrogens is 4. The summed E-state index contributed by atoms with van der Waals surface area (Å²) in [6, 6.07) is 11.3. The van der Waals surface area contributed by atoms with Crippen molar-refractivity contribution in [3.05, 3.63) is 48.3 Å². The number of carbonyl (C=O) groups is 1. The third kappa shape index (κ3) is 3.15. The Morgan fingerprint density at radius 2 is 2.04 bits per heavy atom. The van der Waals surface area contributed by atoms with Crippen LogP contribution in [0.1, 0.15) is 23.8 Å². The number of benzene rings is 1. The Morgan fingerprint density at radius 1 is 1.19 bits per heavy atom. The summed E-state index contributed by atoms with van der Waals surface area (Å²) >= 11 is 0. The molecule has 0 radical (unpaired) electrons. The molecule has 1 amide bonds. The number of ether oxygens (including phenoxy) is 1. The minimum absolute atomic E-state index is 0.105. The van der Waals surface area contributed by atoms with E-state index in [9.17, 15) is 4.79 Å². The number of carbonyl (C=O) groups excluding carboxylic acids is 1. The summed E-state index contributed by atoms with van der Waals surface area (Å²) in [4.78, 5) is 20.9. The fourth-order valence-corrected chi connectivity index (χ4v) is 2.82. The molecule has 1 aromatic carbocycles. The maximum Gasteiger partial charge on any atom is 0.269 e. The van der Waals surface area contributed by atoms with E-state index in [0.29, 0.717) is 42.6 Å². The topological polar surface area (TPSA) is 81.9 Å². The molecule has 0 spiro atoms. The van der Waals surface area contributed by atoms with Crippen LogP contribution in [0.25, 0.3) is 22.8 Å². The Balaban J connectivity index is 1.62. The van der Waals surface area contributed by atoms with Crippen LogP contribution in [0.3, 0.4) is 0 Å². The van der Waals surface area contributed by atoms with E-state index in [1.54, 1.807) is 23.0 Å². The number of hydrogen-bond donors (Lipinski definition) is 1. The summed E-state index contributed by atoms with van der Waals surface area (Å²) < 4.78 is 7.32. The lowest BCUT2D eigenvalue weighted by molar-refractivity contribution is 0.0924. The zero-order valence-corrected chi connectivity index (χ0v) is 14.5. The quantitative estimate of drug-likeness (QED) is 0.765. The van der Waals surface area contributed by atoms with Gasteiger partial charge < -0.3 is 10.1 Å². The minimum atomic E-state index is -0.105. The molecule has 0 saturated carbocycles. The van der Waals surface area contributed by atoms with Crippen molar-refractivity contribution in [3.63, 3.8) is 0 Å². The molecule has 0 unspecified atom stereocenters. The Labute approximate surface area is 151 Å². The van der Waals surface area contributed by atoms with Gasteiger partial charge in [0.15, 0.2) is 5.82 Å². The van der Waals surface area contributed by atoms with Crippen molar-refractivity contribution in [2.24, 2.45) is 0 Å². The molecule has 7 nitrogen and oxygen atoms in total. The second-order valence-corrected chi connectivity index (χ2v) is 6.03. The summed E-state index contributed by atoms with van der Waals surface area (Å²) in [5, 5.41) is 7.32. The highest BCUT2D eigenvalue weighted by Gasteiger charge is 2.20. The van der Waals surface area contributed by atoms with Crippen LogP contribution in [0.15, 0.2) is 42.6 Å². The van der Waals surface area contributed by atoms with E-state index in [0.717, 1.165) is 17.7 Å². The molecule has 1 aliphatic heterocycles. The molecule has 132 valence electrons. The largest absolute Gasteiger partial charge is 0.494 e. The first-order chi connectivity index (χ1) is 12.7. The highest BCUT2D eigenvalue weighted by atomic mass is 16.5. The maximum absolute atomic E-state index is 11.9. The second kappa shape index (κ2) is 6.95. The molecule has 1 aliphatic rings. The fraction of sp³-hybridized carbons (Fsp3) is 0.263. The molecular weight excluding hydrogens is 330 g/mol. The summed E-state index contributed by atoms with van der Waals surface area (Å²) in [6.07, 6.45) is 2.68. The van der Waals surface area contributed by atoms with Gasteiger partial charge in [0, 0.05) is 18.3 Å². The van der Waals surface area contributed by atoms with Gasteiger partial charge in [-0.1, -0.05) is 6.92 Å². The molecule has 4 rings (SSSR count). The zero-order chi connectivity index (χ0) is 17.9. The molecule has 26 heavy (non-hydrogen) atoms. The number of nitrogens with one attached hydrogen (secondary N) is 1. The van der Waals surface area contributed by atoms with Crippen molar-refractivity contribution >= 4 is 5.91 Å². The molecule has 3 aromatic rings. The van der Waals surface area contributed by atoms with E-state index in [1.165, 1.54) is 0 Å². The number of hydrogen-bond acceptors (Lipinski definition) is 5. The average molecular weight is 349 g/mol. The highest BCUT2D eigenvalue weighted by molar-refractivity contribution is 5.94. The first-order valence-corrected chi connectivity index (χ1v) is 8.67. The molecule has 7 heteroatoms. The lowest BCUT2D eigenvalue weighted by Gasteiger charge is -2.13. The van der Waals surface area contributed by atoms with Crippen LogP contribution in [0.2, 0.25) is 0 Å². The standard InChI is InChI=1S/C19H19N5O2/c1-2-11-26-14-5-3-13(4-6-14)18-20-8-7-15(22-18)16-12-17-19(25)21-9-10-24(17)23-16/h3-8,12H,2,9-11H2,1H3,(H,21,25). The van der Waals surface area contributed by atoms with E-state index in [1.807, 2.05) is 24.3 Å². The van der Waals surface area contributed by atoms with E-state index >= 15 is 0 Å². The SMILES string of the molecule is CCCOc1ccc(-c2nccc(-c3cc4n(n3)CCNC4=O)n2)cc1. The number of amides is 1. The van der Waals surface area contributed by atoms with Gasteiger partial charge in [-0.2, -0.15) is 5.10 Å². The normalized spacial score (nSPS) is 13.2. The summed E-state index contributed by atoms with van der Waals surface area (Å²) in [6.45, 7) is 4.03. The van der Waals surface area contributed by atoms with Gasteiger partial charge >= 0.3 is 0 Å². The van der Waals surface area contributed by atoms with Gasteiger partial charge in [-0.25, -0.2) is 9.97 Å². The molecule has 0 aliphatic carbocycles. The van der Waals surface area contributed by atoms with E-state index in [4.69, 9.17) is 4.74 Å². The highest BCUT2D eigenvalue weighted by Crippen LogP contribution is 2.23. The van der Waals surface area contributed by atoms with Crippen molar-refractivity contribution in [2.45, 2.75) is 19.9 Å². The molecule has 0 fully saturated rings. The van der Waals surface area contributed by atoms with Gasteiger partial charge in [0.05, 0.1) is 18.8 Å². The summed E-state index contributed by atoms with van der Waals surface area (Å²) in [5.41, 5.74) is 2.82. The number of fused-ring (bicyclic) bond motifs is 1. The van der Waals surface area contributed by atoms with Gasteiger partial charge in [-0.15, -0.1) is 0 Å². The van der Waals surface area contributed by atoms with Gasteiger partial charge in [0.25, 0.3) is 5.91 Å². The molecule has 0 saturated heterocycles. The molecule has 2 aromatic heterocycles. The van der Waals surface area contributed by atoms with E-state index in [2.05, 4.69) is 27.3 Å². The van der Waals surface area contributed by atoms with Crippen LogP contribution in [0.4, 0.5) is 0 Å². The maximum atomic E-state index is 11.9. The zero-order valence-electron chi connectivity index (χ0n) is 14.5. The van der Waals surface area contributed by atoms with E-state index in [-0.39, 0.29) is 5.91 Å². The summed E-state index contributed by atoms with van der Waals surface area (Å²) in [5.74, 6) is 1.34. The van der Waals surface area contributed by atoms with Crippen molar-refractivity contribution in [1.29, 1.82) is 0 Å². The van der Waals surface area contributed by atoms with Gasteiger partial charge in [-0.3, -0.25) is 9.48 Å². The first kappa shape index (κ1) is 16.3. The lowest BCUT2D eigenvalue weighted by atomic mass is 10.2. The Kier molecular flexibility index (Phi) is 4.35. The molecule has 0 bridgehead atoms. The van der Waals surface area contributed by atoms with Crippen LogP contribution in [0, 0.1) is 0 Å².